The van der Waals surface area contributed by atoms with Crippen LogP contribution in [0.5, 0.6) is 5.75 Å². The van der Waals surface area contributed by atoms with Gasteiger partial charge in [-0.15, -0.1) is 0 Å². The van der Waals surface area contributed by atoms with Gasteiger partial charge in [-0.05, 0) is 38.7 Å². The highest BCUT2D eigenvalue weighted by molar-refractivity contribution is 5.99. The molecule has 2 amide bonds. The van der Waals surface area contributed by atoms with Gasteiger partial charge in [0, 0.05) is 43.6 Å². The van der Waals surface area contributed by atoms with Crippen LogP contribution in [0.15, 0.2) is 29.2 Å². The van der Waals surface area contributed by atoms with E-state index < -0.39 is 45.7 Å². The van der Waals surface area contributed by atoms with Crippen LogP contribution in [0.3, 0.4) is 0 Å². The monoisotopic (exact) mass is 461 g/mol. The molecule has 3 N–H and O–H groups in total. The summed E-state index contributed by atoms with van der Waals surface area (Å²) in [6, 6.07) is 2.73. The van der Waals surface area contributed by atoms with E-state index in [0.29, 0.717) is 25.5 Å². The molecule has 1 aliphatic heterocycles. The predicted octanol–water partition coefficient (Wildman–Crippen LogP) is 1.72. The van der Waals surface area contributed by atoms with E-state index in [-0.39, 0.29) is 36.4 Å². The molecule has 176 valence electrons. The van der Waals surface area contributed by atoms with Gasteiger partial charge in [-0.3, -0.25) is 14.4 Å². The topological polar surface area (TPSA) is 112 Å². The number of aromatic nitrogens is 1. The Bertz CT molecular complexity index is 1190. The van der Waals surface area contributed by atoms with Crippen LogP contribution in [0, 0.1) is 17.6 Å². The fourth-order valence-electron chi connectivity index (χ4n) is 4.77. The summed E-state index contributed by atoms with van der Waals surface area (Å²) in [6.07, 6.45) is 2.28. The lowest BCUT2D eigenvalue weighted by molar-refractivity contribution is -0.0211. The maximum absolute atomic E-state index is 13.9. The third kappa shape index (κ3) is 3.78. The molecule has 33 heavy (non-hydrogen) atoms. The number of halogens is 2. The molecule has 0 radical (unpaired) electrons. The lowest BCUT2D eigenvalue weighted by Gasteiger charge is -2.55. The van der Waals surface area contributed by atoms with Crippen molar-refractivity contribution in [2.24, 2.45) is 5.92 Å². The van der Waals surface area contributed by atoms with Crippen molar-refractivity contribution in [1.82, 2.24) is 14.8 Å². The number of amides is 2. The van der Waals surface area contributed by atoms with Crippen molar-refractivity contribution in [2.45, 2.75) is 44.8 Å². The zero-order valence-electron chi connectivity index (χ0n) is 18.3. The van der Waals surface area contributed by atoms with E-state index in [1.54, 1.807) is 4.90 Å². The van der Waals surface area contributed by atoms with Gasteiger partial charge in [-0.25, -0.2) is 8.78 Å². The van der Waals surface area contributed by atoms with Crippen molar-refractivity contribution >= 4 is 11.8 Å². The first-order chi connectivity index (χ1) is 15.6. The van der Waals surface area contributed by atoms with Crippen molar-refractivity contribution in [3.8, 4) is 5.75 Å². The summed E-state index contributed by atoms with van der Waals surface area (Å²) >= 11 is 0. The summed E-state index contributed by atoms with van der Waals surface area (Å²) in [5.74, 6) is -3.80. The maximum Gasteiger partial charge on any atom is 0.274 e. The summed E-state index contributed by atoms with van der Waals surface area (Å²) < 4.78 is 28.5. The molecule has 1 fully saturated rings. The Morgan fingerprint density at radius 3 is 2.58 bits per heavy atom. The lowest BCUT2D eigenvalue weighted by atomic mass is 9.66. The minimum absolute atomic E-state index is 0.000336. The Kier molecular flexibility index (Phi) is 5.73. The van der Waals surface area contributed by atoms with E-state index in [4.69, 9.17) is 0 Å². The van der Waals surface area contributed by atoms with Crippen molar-refractivity contribution in [2.75, 3.05) is 13.2 Å². The summed E-state index contributed by atoms with van der Waals surface area (Å²) in [7, 11) is 0. The third-order valence-corrected chi connectivity index (χ3v) is 6.54. The molecule has 4 rings (SSSR count). The normalized spacial score (nSPS) is 21.8. The quantitative estimate of drug-likeness (QED) is 0.628. The molecular weight excluding hydrogens is 436 g/mol. The van der Waals surface area contributed by atoms with Crippen LogP contribution in [0.4, 0.5) is 8.78 Å². The Labute approximate surface area is 188 Å². The zero-order chi connectivity index (χ0) is 24.1. The Morgan fingerprint density at radius 1 is 1.27 bits per heavy atom. The molecule has 0 atom stereocenters. The van der Waals surface area contributed by atoms with E-state index in [1.165, 1.54) is 16.8 Å². The second kappa shape index (κ2) is 8.26. The van der Waals surface area contributed by atoms with E-state index in [2.05, 4.69) is 5.32 Å². The molecule has 1 aromatic heterocycles. The number of aromatic hydroxyl groups is 1. The Hall–Kier alpha value is -3.27. The van der Waals surface area contributed by atoms with Crippen LogP contribution in [0.2, 0.25) is 0 Å². The number of carbonyl (C=O) groups is 2. The standard InChI is InChI=1S/C23H25F2N3O5/c1-12(2)27-11-23(6-13(7-23)10-29)28-9-16(19(30)20(31)18(28)22(27)33)21(32)26-8-14-3-4-15(24)5-17(14)25/h3-5,9,12-13,29,31H,6-8,10-11H2,1-2H3,(H,26,32)/t13-,23-. The van der Waals surface area contributed by atoms with Crippen LogP contribution < -0.4 is 10.7 Å². The molecule has 0 saturated heterocycles. The molecule has 1 spiro atoms. The van der Waals surface area contributed by atoms with Gasteiger partial charge in [0.15, 0.2) is 11.4 Å². The molecule has 1 aromatic carbocycles. The average molecular weight is 461 g/mol. The van der Waals surface area contributed by atoms with Gasteiger partial charge in [0.25, 0.3) is 11.8 Å². The minimum Gasteiger partial charge on any atom is -0.503 e. The van der Waals surface area contributed by atoms with Crippen molar-refractivity contribution < 1.29 is 28.6 Å². The highest BCUT2D eigenvalue weighted by Gasteiger charge is 2.52. The van der Waals surface area contributed by atoms with Gasteiger partial charge >= 0.3 is 0 Å². The Morgan fingerprint density at radius 2 is 1.97 bits per heavy atom. The van der Waals surface area contributed by atoms with E-state index >= 15 is 0 Å². The van der Waals surface area contributed by atoms with E-state index in [9.17, 15) is 33.4 Å². The van der Waals surface area contributed by atoms with E-state index in [1.807, 2.05) is 13.8 Å². The summed E-state index contributed by atoms with van der Waals surface area (Å²) in [4.78, 5) is 40.2. The SMILES string of the molecule is CC(C)N1C[C@]2(C[C@@H](CO)C2)n2cc(C(=O)NCc3ccc(F)cc3F)c(=O)c(O)c2C1=O. The number of aliphatic hydroxyl groups is 1. The molecule has 2 aromatic rings. The summed E-state index contributed by atoms with van der Waals surface area (Å²) in [5.41, 5.74) is -2.22. The van der Waals surface area contributed by atoms with Crippen molar-refractivity contribution in [1.29, 1.82) is 0 Å². The van der Waals surface area contributed by atoms with Crippen LogP contribution in [-0.4, -0.2) is 50.7 Å². The highest BCUT2D eigenvalue weighted by Crippen LogP contribution is 2.48. The molecule has 8 nitrogen and oxygen atoms in total. The zero-order valence-corrected chi connectivity index (χ0v) is 18.3. The molecule has 0 unspecified atom stereocenters. The van der Waals surface area contributed by atoms with Gasteiger partial charge in [0.1, 0.15) is 17.2 Å². The smallest absolute Gasteiger partial charge is 0.274 e. The number of carbonyl (C=O) groups excluding carboxylic acids is 2. The number of pyridine rings is 1. The number of nitrogens with zero attached hydrogens (tertiary/aromatic N) is 2. The molecule has 2 aliphatic rings. The maximum atomic E-state index is 13.9. The van der Waals surface area contributed by atoms with Crippen LogP contribution in [0.1, 0.15) is 53.1 Å². The van der Waals surface area contributed by atoms with Gasteiger partial charge in [0.05, 0.1) is 5.54 Å². The van der Waals surface area contributed by atoms with Gasteiger partial charge in [-0.1, -0.05) is 6.07 Å². The largest absolute Gasteiger partial charge is 0.503 e. The first-order valence-corrected chi connectivity index (χ1v) is 10.7. The molecule has 1 saturated carbocycles. The summed E-state index contributed by atoms with van der Waals surface area (Å²) in [6.45, 7) is 3.64. The highest BCUT2D eigenvalue weighted by atomic mass is 19.1. The fraction of sp³-hybridized carbons (Fsp3) is 0.435. The second-order valence-electron chi connectivity index (χ2n) is 9.07. The van der Waals surface area contributed by atoms with Crippen LogP contribution in [0.25, 0.3) is 0 Å². The third-order valence-electron chi connectivity index (χ3n) is 6.54. The number of aliphatic hydroxyl groups excluding tert-OH is 1. The molecule has 0 bridgehead atoms. The van der Waals surface area contributed by atoms with Gasteiger partial charge in [0.2, 0.25) is 5.43 Å². The van der Waals surface area contributed by atoms with E-state index in [0.717, 1.165) is 6.07 Å². The van der Waals surface area contributed by atoms with Gasteiger partial charge < -0.3 is 25.0 Å². The van der Waals surface area contributed by atoms with Crippen molar-refractivity contribution in [3.05, 3.63) is 63.1 Å². The Balaban J connectivity index is 1.71. The first-order valence-electron chi connectivity index (χ1n) is 10.7. The molecule has 2 heterocycles. The lowest BCUT2D eigenvalue weighted by Crippen LogP contribution is -2.62. The summed E-state index contributed by atoms with van der Waals surface area (Å²) in [5, 5.41) is 22.6. The van der Waals surface area contributed by atoms with Crippen LogP contribution in [-0.2, 0) is 12.1 Å². The number of hydrogen-bond acceptors (Lipinski definition) is 5. The number of benzene rings is 1. The van der Waals surface area contributed by atoms with Crippen molar-refractivity contribution in [3.63, 3.8) is 0 Å². The molecular formula is C23H25F2N3O5. The van der Waals surface area contributed by atoms with Gasteiger partial charge in [-0.2, -0.15) is 0 Å². The molecule has 10 heteroatoms. The number of rotatable bonds is 5. The number of hydrogen-bond donors (Lipinski definition) is 3. The second-order valence-corrected chi connectivity index (χ2v) is 9.07. The fourth-order valence-corrected chi connectivity index (χ4v) is 4.77. The minimum atomic E-state index is -1.01. The average Bonchev–Trinajstić information content (AvgIpc) is 2.73. The molecule has 1 aliphatic carbocycles. The number of nitrogens with one attached hydrogen (secondary N) is 1. The van der Waals surface area contributed by atoms with Crippen LogP contribution >= 0.6 is 0 Å². The predicted molar refractivity (Wildman–Crippen MR) is 114 cm³/mol. The first kappa shape index (κ1) is 22.9. The number of fused-ring (bicyclic) bond motifs is 2.